The van der Waals surface area contributed by atoms with Crippen LogP contribution in [0.2, 0.25) is 0 Å². The van der Waals surface area contributed by atoms with Crippen molar-refractivity contribution in [3.63, 3.8) is 0 Å². The second-order valence-corrected chi connectivity index (χ2v) is 14.5. The maximum absolute atomic E-state index is 12.4. The molecular weight excluding hydrogens is 721 g/mol. The zero-order valence-electron chi connectivity index (χ0n) is 32.5. The zero-order chi connectivity index (χ0) is 40.5. The first-order valence-electron chi connectivity index (χ1n) is 19.5. The number of hydrogen-bond acceptors (Lipinski definition) is 6. The smallest absolute Gasteiger partial charge is 0.141 e. The number of phenols is 5. The van der Waals surface area contributed by atoms with Crippen LogP contribution in [0, 0.1) is 6.92 Å². The van der Waals surface area contributed by atoms with Gasteiger partial charge in [0.2, 0.25) is 0 Å². The van der Waals surface area contributed by atoms with Gasteiger partial charge in [-0.2, -0.15) is 0 Å². The summed E-state index contributed by atoms with van der Waals surface area (Å²) in [5, 5.41) is 60.3. The van der Waals surface area contributed by atoms with Crippen LogP contribution in [-0.4, -0.2) is 25.5 Å². The van der Waals surface area contributed by atoms with E-state index in [2.05, 4.69) is 30.9 Å². The van der Waals surface area contributed by atoms with E-state index in [-0.39, 0.29) is 45.4 Å². The van der Waals surface area contributed by atoms with E-state index < -0.39 is 0 Å². The third-order valence-electron chi connectivity index (χ3n) is 10.9. The molecule has 6 aromatic carbocycles. The Labute approximate surface area is 337 Å². The fraction of sp³-hybridized carbons (Fsp3) is 0.115. The highest BCUT2D eigenvalue weighted by Crippen LogP contribution is 2.58. The van der Waals surface area contributed by atoms with Crippen LogP contribution in [0.25, 0.3) is 72.1 Å². The van der Waals surface area contributed by atoms with Crippen molar-refractivity contribution >= 4 is 38.8 Å². The molecule has 0 saturated heterocycles. The van der Waals surface area contributed by atoms with E-state index in [1.807, 2.05) is 74.5 Å². The van der Waals surface area contributed by atoms with Crippen molar-refractivity contribution in [2.45, 2.75) is 39.5 Å². The number of fused-ring (bicyclic) bond motifs is 2. The summed E-state index contributed by atoms with van der Waals surface area (Å²) in [5.41, 5.74) is 6.47. The molecule has 5 N–H and O–H groups in total. The summed E-state index contributed by atoms with van der Waals surface area (Å²) >= 11 is 0. The van der Waals surface area contributed by atoms with E-state index in [4.69, 9.17) is 4.42 Å². The largest absolute Gasteiger partial charge is 0.508 e. The molecule has 288 valence electrons. The molecule has 6 nitrogen and oxygen atoms in total. The second-order valence-electron chi connectivity index (χ2n) is 14.5. The number of rotatable bonds is 8. The monoisotopic (exact) mass is 764 g/mol. The van der Waals surface area contributed by atoms with E-state index in [0.29, 0.717) is 16.7 Å². The molecule has 58 heavy (non-hydrogen) atoms. The number of allylic oxidation sites excluding steroid dienone is 7. The van der Waals surface area contributed by atoms with Crippen LogP contribution in [0.5, 0.6) is 28.7 Å². The normalized spacial score (nSPS) is 15.0. The Morgan fingerprint density at radius 3 is 1.67 bits per heavy atom. The van der Waals surface area contributed by atoms with Gasteiger partial charge in [-0.3, -0.25) is 0 Å². The van der Waals surface area contributed by atoms with Gasteiger partial charge in [-0.05, 0) is 108 Å². The maximum atomic E-state index is 12.4. The first-order chi connectivity index (χ1) is 28.2. The van der Waals surface area contributed by atoms with E-state index in [9.17, 15) is 25.5 Å². The van der Waals surface area contributed by atoms with Gasteiger partial charge in [0.15, 0.2) is 0 Å². The van der Waals surface area contributed by atoms with E-state index >= 15 is 0 Å². The predicted molar refractivity (Wildman–Crippen MR) is 237 cm³/mol. The summed E-state index contributed by atoms with van der Waals surface area (Å²) in [6.45, 7) is 8.15. The first-order valence-corrected chi connectivity index (χ1v) is 19.5. The Morgan fingerprint density at radius 1 is 0.621 bits per heavy atom. The molecule has 6 heteroatoms. The highest BCUT2D eigenvalue weighted by molar-refractivity contribution is 6.22. The quantitative estimate of drug-likeness (QED) is 0.0778. The summed E-state index contributed by atoms with van der Waals surface area (Å²) in [6.07, 6.45) is 18.9. The van der Waals surface area contributed by atoms with Crippen LogP contribution in [0.1, 0.15) is 60.8 Å². The fourth-order valence-corrected chi connectivity index (χ4v) is 8.40. The Morgan fingerprint density at radius 2 is 1.14 bits per heavy atom. The number of hydrogen-bond donors (Lipinski definition) is 5. The molecule has 0 amide bonds. The Kier molecular flexibility index (Phi) is 10.2. The minimum absolute atomic E-state index is 0.0203. The van der Waals surface area contributed by atoms with Crippen molar-refractivity contribution in [2.24, 2.45) is 0 Å². The van der Waals surface area contributed by atoms with Gasteiger partial charge in [-0.1, -0.05) is 122 Å². The van der Waals surface area contributed by atoms with Crippen molar-refractivity contribution in [2.75, 3.05) is 0 Å². The molecule has 0 spiro atoms. The van der Waals surface area contributed by atoms with Crippen molar-refractivity contribution in [1.82, 2.24) is 0 Å². The standard InChI is InChI=1S/C52H44O6/c1-4-15-41(43-31(3)58-52(42(43)16-5-2)34-17-9-7-6-8-10-18-34)46-37-19-11-13-21-39(37)47(40-22-14-12-20-38(40)46)48-50(56)44(32-23-27-35(53)28-24-32)49(55)45(51(48)57)33-25-29-36(54)30-26-33/h4-5,9,11-30,53-57H,1,6-8,10H2,2-3H3/b16-5-,17-9-,34-18+,41-15+. The lowest BCUT2D eigenvalue weighted by Gasteiger charge is -2.23. The van der Waals surface area contributed by atoms with Gasteiger partial charge < -0.3 is 29.9 Å². The molecule has 0 bridgehead atoms. The van der Waals surface area contributed by atoms with Crippen LogP contribution in [0.15, 0.2) is 145 Å². The van der Waals surface area contributed by atoms with Crippen molar-refractivity contribution in [3.8, 4) is 62.1 Å². The molecule has 7 aromatic rings. The molecule has 1 aliphatic rings. The molecule has 0 unspecified atom stereocenters. The van der Waals surface area contributed by atoms with E-state index in [1.54, 1.807) is 30.3 Å². The number of phenolic OH excluding ortho intramolecular Hbond substituents is 5. The zero-order valence-corrected chi connectivity index (χ0v) is 32.5. The summed E-state index contributed by atoms with van der Waals surface area (Å²) < 4.78 is 6.70. The molecule has 0 aliphatic heterocycles. The predicted octanol–water partition coefficient (Wildman–Crippen LogP) is 13.6. The number of aromatic hydroxyl groups is 5. The summed E-state index contributed by atoms with van der Waals surface area (Å²) in [5.74, 6) is 0.591. The van der Waals surface area contributed by atoms with Crippen molar-refractivity contribution < 1.29 is 29.9 Å². The Balaban J connectivity index is 1.48. The summed E-state index contributed by atoms with van der Waals surface area (Å²) in [6, 6.07) is 28.1. The topological polar surface area (TPSA) is 114 Å². The van der Waals surface area contributed by atoms with Gasteiger partial charge in [0, 0.05) is 22.3 Å². The number of furan rings is 1. The molecular formula is C52H44O6. The molecule has 1 aliphatic carbocycles. The third-order valence-corrected chi connectivity index (χ3v) is 10.9. The van der Waals surface area contributed by atoms with Crippen LogP contribution in [0.4, 0.5) is 0 Å². The Hall–Kier alpha value is -7.18. The van der Waals surface area contributed by atoms with Gasteiger partial charge in [0.25, 0.3) is 0 Å². The molecule has 0 atom stereocenters. The van der Waals surface area contributed by atoms with Crippen LogP contribution >= 0.6 is 0 Å². The molecule has 1 heterocycles. The van der Waals surface area contributed by atoms with Crippen LogP contribution < -0.4 is 0 Å². The van der Waals surface area contributed by atoms with Gasteiger partial charge in [-0.15, -0.1) is 0 Å². The fourth-order valence-electron chi connectivity index (χ4n) is 8.40. The maximum Gasteiger partial charge on any atom is 0.141 e. The lowest BCUT2D eigenvalue weighted by atomic mass is 9.81. The minimum Gasteiger partial charge on any atom is -0.508 e. The summed E-state index contributed by atoms with van der Waals surface area (Å²) in [7, 11) is 0. The van der Waals surface area contributed by atoms with E-state index in [1.165, 1.54) is 24.3 Å². The average molecular weight is 765 g/mol. The highest BCUT2D eigenvalue weighted by Gasteiger charge is 2.31. The van der Waals surface area contributed by atoms with E-state index in [0.717, 1.165) is 86.6 Å². The minimum atomic E-state index is -0.353. The molecule has 0 radical (unpaired) electrons. The second kappa shape index (κ2) is 15.8. The molecule has 0 fully saturated rings. The molecule has 0 saturated carbocycles. The number of benzene rings is 6. The SMILES string of the molecule is C=C/C=C(\c1c(C)oc(C2=C/CCCC/C=C\2)c1/C=C\C)c1c2ccccc2c(-c2c(O)c(-c3ccc(O)cc3)c(O)c(-c3ccc(O)cc3)c2O)c2ccccc12. The van der Waals surface area contributed by atoms with Crippen molar-refractivity contribution in [3.05, 3.63) is 168 Å². The lowest BCUT2D eigenvalue weighted by molar-refractivity contribution is 0.436. The van der Waals surface area contributed by atoms with Crippen LogP contribution in [0.3, 0.4) is 0 Å². The van der Waals surface area contributed by atoms with Gasteiger partial charge in [-0.25, -0.2) is 0 Å². The third kappa shape index (κ3) is 6.52. The van der Waals surface area contributed by atoms with Gasteiger partial charge >= 0.3 is 0 Å². The highest BCUT2D eigenvalue weighted by atomic mass is 16.3. The van der Waals surface area contributed by atoms with Gasteiger partial charge in [0.05, 0.1) is 16.7 Å². The molecule has 8 rings (SSSR count). The van der Waals surface area contributed by atoms with Crippen molar-refractivity contribution in [1.29, 1.82) is 0 Å². The number of aryl methyl sites for hydroxylation is 1. The molecule has 1 aromatic heterocycles. The summed E-state index contributed by atoms with van der Waals surface area (Å²) in [4.78, 5) is 0. The average Bonchev–Trinajstić information content (AvgIpc) is 3.53. The lowest BCUT2D eigenvalue weighted by Crippen LogP contribution is -1.98. The Bertz CT molecular complexity index is 2720. The van der Waals surface area contributed by atoms with Crippen LogP contribution in [-0.2, 0) is 0 Å². The van der Waals surface area contributed by atoms with Gasteiger partial charge in [0.1, 0.15) is 40.3 Å². The first kappa shape index (κ1) is 37.7.